The summed E-state index contributed by atoms with van der Waals surface area (Å²) in [5.74, 6) is 0.993. The number of rotatable bonds is 3. The second-order valence-corrected chi connectivity index (χ2v) is 5.80. The fourth-order valence-corrected chi connectivity index (χ4v) is 3.03. The van der Waals surface area contributed by atoms with Crippen LogP contribution in [-0.2, 0) is 6.42 Å². The van der Waals surface area contributed by atoms with E-state index in [0.717, 1.165) is 30.0 Å². The number of nitrogens with one attached hydrogen (secondary N) is 1. The third kappa shape index (κ3) is 2.72. The van der Waals surface area contributed by atoms with E-state index in [1.807, 2.05) is 24.3 Å². The first-order valence-electron chi connectivity index (χ1n) is 6.61. The van der Waals surface area contributed by atoms with Gasteiger partial charge < -0.3 is 10.1 Å². The zero-order valence-corrected chi connectivity index (χ0v) is 12.6. The lowest BCUT2D eigenvalue weighted by Gasteiger charge is -2.17. The third-order valence-corrected chi connectivity index (χ3v) is 4.06. The minimum Gasteiger partial charge on any atom is -0.493 e. The topological polar surface area (TPSA) is 21.3 Å². The van der Waals surface area contributed by atoms with Crippen molar-refractivity contribution in [3.8, 4) is 5.75 Å². The van der Waals surface area contributed by atoms with Crippen molar-refractivity contribution in [2.45, 2.75) is 19.4 Å². The number of benzene rings is 2. The minimum absolute atomic E-state index is 0.111. The highest BCUT2D eigenvalue weighted by atomic mass is 35.5. The highest BCUT2D eigenvalue weighted by Crippen LogP contribution is 2.31. The van der Waals surface area contributed by atoms with Crippen molar-refractivity contribution in [2.75, 3.05) is 11.9 Å². The highest BCUT2D eigenvalue weighted by Gasteiger charge is 2.14. The molecule has 0 saturated carbocycles. The van der Waals surface area contributed by atoms with Crippen LogP contribution in [0.1, 0.15) is 24.1 Å². The van der Waals surface area contributed by atoms with E-state index < -0.39 is 0 Å². The summed E-state index contributed by atoms with van der Waals surface area (Å²) in [6, 6.07) is 11.9. The third-order valence-electron chi connectivity index (χ3n) is 3.50. The van der Waals surface area contributed by atoms with Gasteiger partial charge in [0.05, 0.1) is 6.61 Å². The molecule has 0 bridgehead atoms. The van der Waals surface area contributed by atoms with Crippen LogP contribution in [0.3, 0.4) is 0 Å². The molecule has 1 aliphatic rings. The van der Waals surface area contributed by atoms with Crippen molar-refractivity contribution >= 4 is 28.9 Å². The van der Waals surface area contributed by atoms with Crippen LogP contribution in [-0.4, -0.2) is 6.61 Å². The molecule has 0 spiro atoms. The van der Waals surface area contributed by atoms with Crippen LogP contribution >= 0.6 is 23.2 Å². The Balaban J connectivity index is 1.80. The molecular formula is C16H15Cl2NO. The molecule has 3 rings (SSSR count). The van der Waals surface area contributed by atoms with Crippen molar-refractivity contribution in [2.24, 2.45) is 0 Å². The number of hydrogen-bond acceptors (Lipinski definition) is 2. The average molecular weight is 308 g/mol. The molecular weight excluding hydrogens is 293 g/mol. The number of anilines is 1. The van der Waals surface area contributed by atoms with Crippen LogP contribution in [0.25, 0.3) is 0 Å². The lowest BCUT2D eigenvalue weighted by atomic mass is 10.1. The molecule has 4 heteroatoms. The van der Waals surface area contributed by atoms with E-state index in [0.29, 0.717) is 10.0 Å². The van der Waals surface area contributed by atoms with Gasteiger partial charge in [0.2, 0.25) is 0 Å². The monoisotopic (exact) mass is 307 g/mol. The molecule has 0 aliphatic carbocycles. The van der Waals surface area contributed by atoms with Gasteiger partial charge in [0.15, 0.2) is 0 Å². The summed E-state index contributed by atoms with van der Waals surface area (Å²) in [5, 5.41) is 4.80. The molecule has 0 amide bonds. The van der Waals surface area contributed by atoms with Crippen molar-refractivity contribution in [1.82, 2.24) is 0 Å². The molecule has 1 heterocycles. The summed E-state index contributed by atoms with van der Waals surface area (Å²) in [6.07, 6.45) is 0.973. The predicted molar refractivity (Wildman–Crippen MR) is 84.1 cm³/mol. The van der Waals surface area contributed by atoms with E-state index in [2.05, 4.69) is 18.3 Å². The zero-order chi connectivity index (χ0) is 14.1. The first-order valence-corrected chi connectivity index (χ1v) is 7.36. The van der Waals surface area contributed by atoms with E-state index >= 15 is 0 Å². The molecule has 1 unspecified atom stereocenters. The van der Waals surface area contributed by atoms with Gasteiger partial charge in [-0.15, -0.1) is 0 Å². The van der Waals surface area contributed by atoms with E-state index in [1.54, 1.807) is 6.07 Å². The summed E-state index contributed by atoms with van der Waals surface area (Å²) in [4.78, 5) is 0. The molecule has 2 aromatic rings. The van der Waals surface area contributed by atoms with E-state index in [1.165, 1.54) is 5.56 Å². The Hall–Kier alpha value is -1.38. The second kappa shape index (κ2) is 5.55. The fourth-order valence-electron chi connectivity index (χ4n) is 2.46. The van der Waals surface area contributed by atoms with E-state index in [-0.39, 0.29) is 6.04 Å². The van der Waals surface area contributed by atoms with Gasteiger partial charge in [0.25, 0.3) is 0 Å². The second-order valence-electron chi connectivity index (χ2n) is 4.95. The molecule has 104 valence electrons. The SMILES string of the molecule is CC(Nc1ccc2c(c1)CCO2)c1ccc(Cl)cc1Cl. The molecule has 20 heavy (non-hydrogen) atoms. The predicted octanol–water partition coefficient (Wildman–Crippen LogP) is 5.10. The van der Waals surface area contributed by atoms with Gasteiger partial charge >= 0.3 is 0 Å². The standard InChI is InChI=1S/C16H15Cl2NO/c1-10(14-4-2-12(17)9-15(14)18)19-13-3-5-16-11(8-13)6-7-20-16/h2-5,8-10,19H,6-7H2,1H3. The minimum atomic E-state index is 0.111. The van der Waals surface area contributed by atoms with Crippen LogP contribution in [0.15, 0.2) is 36.4 Å². The highest BCUT2D eigenvalue weighted by molar-refractivity contribution is 6.35. The Morgan fingerprint density at radius 3 is 2.80 bits per heavy atom. The number of hydrogen-bond donors (Lipinski definition) is 1. The molecule has 1 aliphatic heterocycles. The van der Waals surface area contributed by atoms with Crippen LogP contribution in [0.4, 0.5) is 5.69 Å². The molecule has 0 fully saturated rings. The summed E-state index contributed by atoms with van der Waals surface area (Å²) in [7, 11) is 0. The van der Waals surface area contributed by atoms with E-state index in [9.17, 15) is 0 Å². The molecule has 2 nitrogen and oxygen atoms in total. The number of ether oxygens (including phenoxy) is 1. The molecule has 0 aromatic heterocycles. The first-order chi connectivity index (χ1) is 9.63. The average Bonchev–Trinajstić information content (AvgIpc) is 2.85. The first kappa shape index (κ1) is 13.6. The zero-order valence-electron chi connectivity index (χ0n) is 11.1. The van der Waals surface area contributed by atoms with Gasteiger partial charge in [-0.25, -0.2) is 0 Å². The number of halogens is 2. The Kier molecular flexibility index (Phi) is 3.77. The Bertz CT molecular complexity index is 642. The molecule has 0 saturated heterocycles. The quantitative estimate of drug-likeness (QED) is 0.851. The van der Waals surface area contributed by atoms with Crippen LogP contribution in [0, 0.1) is 0 Å². The maximum Gasteiger partial charge on any atom is 0.122 e. The van der Waals surface area contributed by atoms with Crippen molar-refractivity contribution in [1.29, 1.82) is 0 Å². The van der Waals surface area contributed by atoms with Gasteiger partial charge in [0.1, 0.15) is 5.75 Å². The molecule has 1 N–H and O–H groups in total. The van der Waals surface area contributed by atoms with Crippen molar-refractivity contribution < 1.29 is 4.74 Å². The van der Waals surface area contributed by atoms with Crippen molar-refractivity contribution in [3.63, 3.8) is 0 Å². The normalized spacial score (nSPS) is 14.6. The maximum atomic E-state index is 6.24. The van der Waals surface area contributed by atoms with Gasteiger partial charge in [-0.05, 0) is 48.4 Å². The molecule has 2 aromatic carbocycles. The van der Waals surface area contributed by atoms with Gasteiger partial charge in [-0.3, -0.25) is 0 Å². The van der Waals surface area contributed by atoms with E-state index in [4.69, 9.17) is 27.9 Å². The molecule has 0 radical (unpaired) electrons. The van der Waals surface area contributed by atoms with Crippen LogP contribution < -0.4 is 10.1 Å². The lowest BCUT2D eigenvalue weighted by molar-refractivity contribution is 0.357. The largest absolute Gasteiger partial charge is 0.493 e. The van der Waals surface area contributed by atoms with Gasteiger partial charge in [-0.2, -0.15) is 0 Å². The van der Waals surface area contributed by atoms with Gasteiger partial charge in [0, 0.05) is 28.2 Å². The lowest BCUT2D eigenvalue weighted by Crippen LogP contribution is -2.07. The Labute approximate surface area is 128 Å². The summed E-state index contributed by atoms with van der Waals surface area (Å²) < 4.78 is 5.51. The smallest absolute Gasteiger partial charge is 0.122 e. The van der Waals surface area contributed by atoms with Crippen LogP contribution in [0.2, 0.25) is 10.0 Å². The summed E-state index contributed by atoms with van der Waals surface area (Å²) in [6.45, 7) is 2.86. The Morgan fingerprint density at radius 2 is 2.00 bits per heavy atom. The summed E-state index contributed by atoms with van der Waals surface area (Å²) >= 11 is 12.2. The molecule has 1 atom stereocenters. The summed E-state index contributed by atoms with van der Waals surface area (Å²) in [5.41, 5.74) is 3.37. The Morgan fingerprint density at radius 1 is 1.15 bits per heavy atom. The number of fused-ring (bicyclic) bond motifs is 1. The van der Waals surface area contributed by atoms with Gasteiger partial charge in [-0.1, -0.05) is 29.3 Å². The van der Waals surface area contributed by atoms with Crippen LogP contribution in [0.5, 0.6) is 5.75 Å². The van der Waals surface area contributed by atoms with Crippen molar-refractivity contribution in [3.05, 3.63) is 57.6 Å². The maximum absolute atomic E-state index is 6.24. The fraction of sp³-hybridized carbons (Fsp3) is 0.250.